The Hall–Kier alpha value is -2.13. The molecule has 1 aliphatic carbocycles. The Labute approximate surface area is 149 Å². The number of carboxylic acid groups (broad SMARTS) is 1. The van der Waals surface area contributed by atoms with E-state index in [1.807, 2.05) is 43.3 Å². The van der Waals surface area contributed by atoms with Crippen LogP contribution in [0.2, 0.25) is 0 Å². The molecule has 2 aromatic rings. The number of carboxylic acids is 1. The van der Waals surface area contributed by atoms with Gasteiger partial charge in [-0.2, -0.15) is 0 Å². The summed E-state index contributed by atoms with van der Waals surface area (Å²) in [6, 6.07) is 15.2. The van der Waals surface area contributed by atoms with Crippen molar-refractivity contribution in [1.82, 2.24) is 0 Å². The van der Waals surface area contributed by atoms with Crippen LogP contribution < -0.4 is 0 Å². The Balaban J connectivity index is 1.82. The molecule has 1 fully saturated rings. The second-order valence-electron chi connectivity index (χ2n) is 7.17. The van der Waals surface area contributed by atoms with Crippen molar-refractivity contribution < 1.29 is 15.0 Å². The molecular weight excluding hydrogens is 312 g/mol. The number of aliphatic carboxylic acids is 1. The van der Waals surface area contributed by atoms with Crippen LogP contribution >= 0.6 is 0 Å². The van der Waals surface area contributed by atoms with Gasteiger partial charge in [0, 0.05) is 0 Å². The zero-order chi connectivity index (χ0) is 17.8. The zero-order valence-electron chi connectivity index (χ0n) is 14.7. The van der Waals surface area contributed by atoms with Crippen LogP contribution in [-0.2, 0) is 4.79 Å². The van der Waals surface area contributed by atoms with Crippen molar-refractivity contribution in [2.24, 2.45) is 0 Å². The van der Waals surface area contributed by atoms with Crippen LogP contribution in [0.25, 0.3) is 0 Å². The highest BCUT2D eigenvalue weighted by molar-refractivity contribution is 5.77. The zero-order valence-corrected chi connectivity index (χ0v) is 14.7. The van der Waals surface area contributed by atoms with Crippen LogP contribution in [0.5, 0.6) is 0 Å². The lowest BCUT2D eigenvalue weighted by atomic mass is 9.82. The van der Waals surface area contributed by atoms with E-state index in [9.17, 15) is 15.0 Å². The molecule has 0 heterocycles. The minimum atomic E-state index is -1.06. The molecule has 0 aliphatic heterocycles. The van der Waals surface area contributed by atoms with E-state index in [-0.39, 0.29) is 0 Å². The molecule has 1 aliphatic rings. The number of benzene rings is 2. The van der Waals surface area contributed by atoms with E-state index in [0.29, 0.717) is 17.0 Å². The van der Waals surface area contributed by atoms with Gasteiger partial charge in [0.2, 0.25) is 0 Å². The SMILES string of the molecule is Cc1ccc([C@@H](O)[C@@H](C(=O)O)c2ccc(C3CCCCC3)cc2)cc1. The van der Waals surface area contributed by atoms with Gasteiger partial charge in [-0.05, 0) is 42.4 Å². The fourth-order valence-electron chi connectivity index (χ4n) is 3.83. The number of aliphatic hydroxyl groups excluding tert-OH is 1. The smallest absolute Gasteiger partial charge is 0.314 e. The molecule has 1 saturated carbocycles. The molecule has 0 bridgehead atoms. The first-order valence-corrected chi connectivity index (χ1v) is 9.13. The van der Waals surface area contributed by atoms with Crippen LogP contribution in [-0.4, -0.2) is 16.2 Å². The Kier molecular flexibility index (Phi) is 5.54. The van der Waals surface area contributed by atoms with Gasteiger partial charge in [-0.25, -0.2) is 0 Å². The molecule has 25 heavy (non-hydrogen) atoms. The van der Waals surface area contributed by atoms with E-state index >= 15 is 0 Å². The molecule has 2 aromatic carbocycles. The molecule has 0 spiro atoms. The third-order valence-electron chi connectivity index (χ3n) is 5.37. The van der Waals surface area contributed by atoms with Gasteiger partial charge in [-0.3, -0.25) is 4.79 Å². The first-order valence-electron chi connectivity index (χ1n) is 9.13. The lowest BCUT2D eigenvalue weighted by Crippen LogP contribution is -2.20. The monoisotopic (exact) mass is 338 g/mol. The Morgan fingerprint density at radius 3 is 2.04 bits per heavy atom. The van der Waals surface area contributed by atoms with Crippen LogP contribution in [0, 0.1) is 6.92 Å². The molecule has 0 unspecified atom stereocenters. The normalized spacial score (nSPS) is 17.8. The van der Waals surface area contributed by atoms with E-state index < -0.39 is 18.0 Å². The maximum atomic E-state index is 11.8. The predicted molar refractivity (Wildman–Crippen MR) is 98.8 cm³/mol. The molecule has 0 radical (unpaired) electrons. The predicted octanol–water partition coefficient (Wildman–Crippen LogP) is 4.94. The lowest BCUT2D eigenvalue weighted by molar-refractivity contribution is -0.141. The number of carbonyl (C=O) groups is 1. The lowest BCUT2D eigenvalue weighted by Gasteiger charge is -2.24. The van der Waals surface area contributed by atoms with Crippen molar-refractivity contribution in [2.75, 3.05) is 0 Å². The van der Waals surface area contributed by atoms with Crippen LogP contribution in [0.4, 0.5) is 0 Å². The Bertz CT molecular complexity index is 697. The molecule has 0 amide bonds. The number of rotatable bonds is 5. The van der Waals surface area contributed by atoms with Gasteiger partial charge in [0.05, 0.1) is 6.10 Å². The molecule has 2 N–H and O–H groups in total. The maximum absolute atomic E-state index is 11.8. The maximum Gasteiger partial charge on any atom is 0.314 e. The third kappa shape index (κ3) is 4.10. The second-order valence-corrected chi connectivity index (χ2v) is 7.17. The van der Waals surface area contributed by atoms with Gasteiger partial charge in [0.15, 0.2) is 0 Å². The first-order chi connectivity index (χ1) is 12.1. The number of hydrogen-bond donors (Lipinski definition) is 2. The van der Waals surface area contributed by atoms with Crippen molar-refractivity contribution >= 4 is 5.97 Å². The summed E-state index contributed by atoms with van der Waals surface area (Å²) in [6.45, 7) is 1.97. The summed E-state index contributed by atoms with van der Waals surface area (Å²) in [5, 5.41) is 20.3. The van der Waals surface area contributed by atoms with Crippen molar-refractivity contribution in [2.45, 2.75) is 57.0 Å². The summed E-state index contributed by atoms with van der Waals surface area (Å²) in [4.78, 5) is 11.8. The highest BCUT2D eigenvalue weighted by Gasteiger charge is 2.29. The molecule has 3 heteroatoms. The first kappa shape index (κ1) is 17.7. The summed E-state index contributed by atoms with van der Waals surface area (Å²) in [7, 11) is 0. The van der Waals surface area contributed by atoms with E-state index in [2.05, 4.69) is 0 Å². The van der Waals surface area contributed by atoms with Gasteiger partial charge in [-0.15, -0.1) is 0 Å². The fraction of sp³-hybridized carbons (Fsp3) is 0.409. The molecule has 2 atom stereocenters. The van der Waals surface area contributed by atoms with Gasteiger partial charge in [-0.1, -0.05) is 73.4 Å². The molecule has 0 saturated heterocycles. The third-order valence-corrected chi connectivity index (χ3v) is 5.37. The van der Waals surface area contributed by atoms with Crippen molar-refractivity contribution in [3.63, 3.8) is 0 Å². The van der Waals surface area contributed by atoms with Gasteiger partial charge in [0.1, 0.15) is 5.92 Å². The average Bonchev–Trinajstić information content (AvgIpc) is 2.63. The van der Waals surface area contributed by atoms with Gasteiger partial charge < -0.3 is 10.2 Å². The summed E-state index contributed by atoms with van der Waals surface area (Å²) >= 11 is 0. The molecule has 3 rings (SSSR count). The standard InChI is InChI=1S/C22H26O3/c1-15-7-9-19(10-8-15)21(23)20(22(24)25)18-13-11-17(12-14-18)16-5-3-2-4-6-16/h7-14,16,20-21,23H,2-6H2,1H3,(H,24,25)/t20-,21+/m0/s1. The van der Waals surface area contributed by atoms with Crippen molar-refractivity contribution in [1.29, 1.82) is 0 Å². The van der Waals surface area contributed by atoms with Crippen LogP contribution in [0.3, 0.4) is 0 Å². The van der Waals surface area contributed by atoms with Crippen molar-refractivity contribution in [3.8, 4) is 0 Å². The highest BCUT2D eigenvalue weighted by Crippen LogP contribution is 2.35. The van der Waals surface area contributed by atoms with Crippen molar-refractivity contribution in [3.05, 3.63) is 70.8 Å². The van der Waals surface area contributed by atoms with E-state index in [1.165, 1.54) is 37.7 Å². The van der Waals surface area contributed by atoms with E-state index in [4.69, 9.17) is 0 Å². The van der Waals surface area contributed by atoms with E-state index in [1.54, 1.807) is 12.1 Å². The molecule has 0 aromatic heterocycles. The summed E-state index contributed by atoms with van der Waals surface area (Å²) in [5.41, 5.74) is 3.66. The number of hydrogen-bond acceptors (Lipinski definition) is 2. The minimum absolute atomic E-state index is 0.591. The largest absolute Gasteiger partial charge is 0.481 e. The molecule has 3 nitrogen and oxygen atoms in total. The highest BCUT2D eigenvalue weighted by atomic mass is 16.4. The summed E-state index contributed by atoms with van der Waals surface area (Å²) < 4.78 is 0. The van der Waals surface area contributed by atoms with Gasteiger partial charge >= 0.3 is 5.97 Å². The minimum Gasteiger partial charge on any atom is -0.481 e. The Morgan fingerprint density at radius 2 is 1.48 bits per heavy atom. The molecular formula is C22H26O3. The number of aryl methyl sites for hydroxylation is 1. The quantitative estimate of drug-likeness (QED) is 0.811. The average molecular weight is 338 g/mol. The van der Waals surface area contributed by atoms with E-state index in [0.717, 1.165) is 5.56 Å². The molecule has 132 valence electrons. The van der Waals surface area contributed by atoms with Gasteiger partial charge in [0.25, 0.3) is 0 Å². The summed E-state index contributed by atoms with van der Waals surface area (Å²) in [6.07, 6.45) is 5.24. The summed E-state index contributed by atoms with van der Waals surface area (Å²) in [5.74, 6) is -1.37. The second kappa shape index (κ2) is 7.83. The van der Waals surface area contributed by atoms with Crippen LogP contribution in [0.1, 0.15) is 72.3 Å². The fourth-order valence-corrected chi connectivity index (χ4v) is 3.83. The van der Waals surface area contributed by atoms with Crippen LogP contribution in [0.15, 0.2) is 48.5 Å². The Morgan fingerprint density at radius 1 is 0.920 bits per heavy atom. The number of aliphatic hydroxyl groups is 1. The topological polar surface area (TPSA) is 57.5 Å².